The van der Waals surface area contributed by atoms with E-state index in [4.69, 9.17) is 0 Å². The van der Waals surface area contributed by atoms with Gasteiger partial charge in [0.2, 0.25) is 0 Å². The van der Waals surface area contributed by atoms with Crippen molar-refractivity contribution in [3.63, 3.8) is 0 Å². The van der Waals surface area contributed by atoms with Crippen LogP contribution in [0.1, 0.15) is 276 Å². The van der Waals surface area contributed by atoms with Crippen molar-refractivity contribution in [3.05, 3.63) is 361 Å². The van der Waals surface area contributed by atoms with E-state index in [1.807, 2.05) is 12.2 Å². The third kappa shape index (κ3) is 19.4. The molecular weight excluding hydrogens is 1460 g/mol. The van der Waals surface area contributed by atoms with Gasteiger partial charge in [-0.1, -0.05) is 318 Å². The molecule has 0 aromatic heterocycles. The molecule has 3 aliphatic rings. The Balaban J connectivity index is 0.832. The Labute approximate surface area is 730 Å². The SMILES string of the molecule is C=C/C=C\CCCC1(CCC/C=C\C=C)c2cc(C)ccc2-c2ccc(-c3ccc4c(c3)C(CCCCCCCC)(CCCCCCCC)c3cc(-c5ccc6c(c5)C(CCCC=C)(CCCC=C)c5cc(-c7ccc(N(c8ccc(CCCC)cc8)c8ccc(N(c9ccc(C)cc9)c9ccc(CCCC)cc9)cc8)cc7)ccc5-6)ccc3-4)cc21. The monoisotopic (exact) mass is 1590 g/mol. The average molecular weight is 1590 g/mol. The van der Waals surface area contributed by atoms with Crippen LogP contribution in [-0.2, 0) is 29.1 Å². The maximum absolute atomic E-state index is 4.31. The summed E-state index contributed by atoms with van der Waals surface area (Å²) in [5.41, 5.74) is 37.1. The number of benzene rings is 11. The molecule has 0 saturated carbocycles. The lowest BCUT2D eigenvalue weighted by atomic mass is 9.69. The number of aryl methyl sites for hydroxylation is 4. The van der Waals surface area contributed by atoms with Crippen LogP contribution in [0.3, 0.4) is 0 Å². The third-order valence-corrected chi connectivity index (χ3v) is 27.5. The Bertz CT molecular complexity index is 5290. The van der Waals surface area contributed by atoms with Crippen molar-refractivity contribution in [3.8, 4) is 66.8 Å². The molecule has 0 bridgehead atoms. The van der Waals surface area contributed by atoms with Gasteiger partial charge < -0.3 is 9.80 Å². The fourth-order valence-corrected chi connectivity index (χ4v) is 21.0. The highest BCUT2D eigenvalue weighted by Crippen LogP contribution is 2.60. The zero-order valence-corrected chi connectivity index (χ0v) is 74.4. The van der Waals surface area contributed by atoms with E-state index in [0.717, 1.165) is 137 Å². The molecule has 622 valence electrons. The second-order valence-electron chi connectivity index (χ2n) is 35.7. The molecule has 11 aromatic rings. The molecular formula is C119H136N2. The van der Waals surface area contributed by atoms with Crippen LogP contribution >= 0.6 is 0 Å². The number of hydrogen-bond donors (Lipinski definition) is 0. The molecule has 2 heteroatoms. The highest BCUT2D eigenvalue weighted by molar-refractivity contribution is 5.91. The summed E-state index contributed by atoms with van der Waals surface area (Å²) in [7, 11) is 0. The second-order valence-corrected chi connectivity index (χ2v) is 35.7. The van der Waals surface area contributed by atoms with Crippen molar-refractivity contribution in [2.24, 2.45) is 0 Å². The summed E-state index contributed by atoms with van der Waals surface area (Å²) in [5.74, 6) is 0. The predicted molar refractivity (Wildman–Crippen MR) is 528 cm³/mol. The van der Waals surface area contributed by atoms with Gasteiger partial charge in [-0.2, -0.15) is 0 Å². The molecule has 0 saturated heterocycles. The van der Waals surface area contributed by atoms with Gasteiger partial charge in [0.15, 0.2) is 0 Å². The molecule has 14 rings (SSSR count). The van der Waals surface area contributed by atoms with Crippen LogP contribution in [-0.4, -0.2) is 0 Å². The Morgan fingerprint density at radius 1 is 0.248 bits per heavy atom. The quantitative estimate of drug-likeness (QED) is 0.0213. The van der Waals surface area contributed by atoms with Crippen molar-refractivity contribution < 1.29 is 0 Å². The van der Waals surface area contributed by atoms with E-state index >= 15 is 0 Å². The smallest absolute Gasteiger partial charge is 0.0463 e. The van der Waals surface area contributed by atoms with E-state index in [2.05, 4.69) is 345 Å². The molecule has 0 heterocycles. The van der Waals surface area contributed by atoms with Crippen LogP contribution in [0.4, 0.5) is 34.1 Å². The lowest BCUT2D eigenvalue weighted by Gasteiger charge is -2.34. The highest BCUT2D eigenvalue weighted by Gasteiger charge is 2.46. The number of unbranched alkanes of at least 4 members (excludes halogenated alkanes) is 16. The Hall–Kier alpha value is -10.5. The van der Waals surface area contributed by atoms with Crippen LogP contribution in [0.2, 0.25) is 0 Å². The number of allylic oxidation sites excluding steroid dienone is 8. The highest BCUT2D eigenvalue weighted by atomic mass is 15.2. The van der Waals surface area contributed by atoms with Gasteiger partial charge in [0.05, 0.1) is 0 Å². The lowest BCUT2D eigenvalue weighted by molar-refractivity contribution is 0.398. The summed E-state index contributed by atoms with van der Waals surface area (Å²) in [6, 6.07) is 91.8. The molecule has 2 nitrogen and oxygen atoms in total. The van der Waals surface area contributed by atoms with Gasteiger partial charge in [0.25, 0.3) is 0 Å². The first-order valence-corrected chi connectivity index (χ1v) is 47.1. The molecule has 0 amide bonds. The van der Waals surface area contributed by atoms with Crippen molar-refractivity contribution in [2.45, 2.75) is 263 Å². The maximum atomic E-state index is 4.31. The van der Waals surface area contributed by atoms with E-state index in [1.54, 1.807) is 11.1 Å². The van der Waals surface area contributed by atoms with Crippen molar-refractivity contribution in [1.82, 2.24) is 0 Å². The molecule has 0 unspecified atom stereocenters. The number of rotatable bonds is 47. The molecule has 0 atom stereocenters. The van der Waals surface area contributed by atoms with Gasteiger partial charge in [0.1, 0.15) is 0 Å². The predicted octanol–water partition coefficient (Wildman–Crippen LogP) is 35.8. The molecule has 0 aliphatic heterocycles. The maximum Gasteiger partial charge on any atom is 0.0463 e. The van der Waals surface area contributed by atoms with Gasteiger partial charge in [-0.15, -0.1) is 13.2 Å². The van der Waals surface area contributed by atoms with Gasteiger partial charge in [-0.05, 0) is 344 Å². The first-order valence-electron chi connectivity index (χ1n) is 47.1. The van der Waals surface area contributed by atoms with Gasteiger partial charge in [-0.3, -0.25) is 0 Å². The minimum Gasteiger partial charge on any atom is -0.311 e. The Kier molecular flexibility index (Phi) is 30.0. The van der Waals surface area contributed by atoms with Gasteiger partial charge in [-0.25, -0.2) is 0 Å². The third-order valence-electron chi connectivity index (χ3n) is 27.5. The fourth-order valence-electron chi connectivity index (χ4n) is 21.0. The van der Waals surface area contributed by atoms with Crippen molar-refractivity contribution >= 4 is 34.1 Å². The lowest BCUT2D eigenvalue weighted by Crippen LogP contribution is -2.26. The van der Waals surface area contributed by atoms with E-state index in [9.17, 15) is 0 Å². The molecule has 11 aromatic carbocycles. The average Bonchev–Trinajstić information content (AvgIpc) is 1.56. The van der Waals surface area contributed by atoms with Crippen LogP contribution in [0.15, 0.2) is 305 Å². The normalized spacial score (nSPS) is 13.5. The topological polar surface area (TPSA) is 6.48 Å². The van der Waals surface area contributed by atoms with Crippen molar-refractivity contribution in [2.75, 3.05) is 9.80 Å². The largest absolute Gasteiger partial charge is 0.311 e. The standard InChI is InChI=1S/C119H136N2/c1-11-19-27-31-35-41-81-119(82-42-36-32-28-20-12-2)115-87-97(95-55-73-106-105-71-47-90(10)83-111(105)117(113(106)85-95,79-39-33-29-21-13-3)80-40-34-30-22-14-4)57-75-109(115)110-76-58-98(88-116(110)119)96-56-74-108-107-72-54-94(84-112(107)118(114(108)86-96,77-37-23-15-5)78-38-24-16-6)93-52-65-102(66-53-93)121(101-63-50-92(51-64-101)44-26-18-8)104-69-67-103(68-70-104)120(99-59-45-89(9)46-60-99)100-61-48-91(49-62-100)43-25-17-7/h13-16,21-22,29-30,45-76,83-88H,3-6,11-12,17-20,23-28,31-44,77-82H2,1-2,7-10H3/b29-21-,30-22-. The van der Waals surface area contributed by atoms with E-state index in [-0.39, 0.29) is 16.2 Å². The van der Waals surface area contributed by atoms with Gasteiger partial charge in [0, 0.05) is 50.4 Å². The first kappa shape index (κ1) is 86.8. The zero-order valence-electron chi connectivity index (χ0n) is 74.4. The Morgan fingerprint density at radius 2 is 0.504 bits per heavy atom. The van der Waals surface area contributed by atoms with Crippen LogP contribution < -0.4 is 9.80 Å². The number of nitrogens with zero attached hydrogens (tertiary/aromatic N) is 2. The minimum absolute atomic E-state index is 0.0931. The van der Waals surface area contributed by atoms with Crippen LogP contribution in [0.5, 0.6) is 0 Å². The van der Waals surface area contributed by atoms with Crippen LogP contribution in [0, 0.1) is 13.8 Å². The zero-order chi connectivity index (χ0) is 84.0. The van der Waals surface area contributed by atoms with Crippen molar-refractivity contribution in [1.29, 1.82) is 0 Å². The number of hydrogen-bond acceptors (Lipinski definition) is 2. The molecule has 121 heavy (non-hydrogen) atoms. The molecule has 0 radical (unpaired) electrons. The first-order chi connectivity index (χ1) is 59.4. The summed E-state index contributed by atoms with van der Waals surface area (Å²) < 4.78 is 0. The summed E-state index contributed by atoms with van der Waals surface area (Å²) >= 11 is 0. The van der Waals surface area contributed by atoms with Gasteiger partial charge >= 0.3 is 0 Å². The molecule has 0 spiro atoms. The fraction of sp³-hybridized carbons (Fsp3) is 0.345. The summed E-state index contributed by atoms with van der Waals surface area (Å²) in [6.07, 6.45) is 54.3. The molecule has 0 N–H and O–H groups in total. The second kappa shape index (κ2) is 41.8. The summed E-state index contributed by atoms with van der Waals surface area (Å²) in [6.45, 7) is 30.4. The minimum atomic E-state index is -0.213. The summed E-state index contributed by atoms with van der Waals surface area (Å²) in [4.78, 5) is 4.84. The molecule has 3 aliphatic carbocycles. The summed E-state index contributed by atoms with van der Waals surface area (Å²) in [5, 5.41) is 0. The number of fused-ring (bicyclic) bond motifs is 9. The van der Waals surface area contributed by atoms with E-state index in [1.165, 1.54) is 214 Å². The Morgan fingerprint density at radius 3 is 0.835 bits per heavy atom. The van der Waals surface area contributed by atoms with Crippen LogP contribution in [0.25, 0.3) is 66.8 Å². The molecule has 0 fully saturated rings. The van der Waals surface area contributed by atoms with E-state index < -0.39 is 0 Å². The van der Waals surface area contributed by atoms with E-state index in [0.29, 0.717) is 0 Å². The number of anilines is 6.